The molecular formula is C15H22N2O3. The fraction of sp³-hybridized carbons (Fsp3) is 0.533. The number of aliphatic carboxylic acids is 1. The van der Waals surface area contributed by atoms with E-state index in [0.29, 0.717) is 12.1 Å². The van der Waals surface area contributed by atoms with Gasteiger partial charge in [-0.05, 0) is 24.9 Å². The Balaban J connectivity index is 2.15. The van der Waals surface area contributed by atoms with Crippen molar-refractivity contribution in [2.75, 3.05) is 26.7 Å². The smallest absolute Gasteiger partial charge is 0.329 e. The molecule has 0 aliphatic carbocycles. The minimum atomic E-state index is -1.38. The van der Waals surface area contributed by atoms with Gasteiger partial charge in [0.15, 0.2) is 5.54 Å². The molecule has 0 aromatic heterocycles. The van der Waals surface area contributed by atoms with E-state index < -0.39 is 11.5 Å². The summed E-state index contributed by atoms with van der Waals surface area (Å²) in [4.78, 5) is 13.7. The van der Waals surface area contributed by atoms with Crippen LogP contribution in [0.5, 0.6) is 0 Å². The van der Waals surface area contributed by atoms with Crippen molar-refractivity contribution < 1.29 is 14.6 Å². The van der Waals surface area contributed by atoms with Crippen LogP contribution in [0.2, 0.25) is 0 Å². The maximum Gasteiger partial charge on any atom is 0.329 e. The third-order valence-corrected chi connectivity index (χ3v) is 3.94. The van der Waals surface area contributed by atoms with E-state index in [1.54, 1.807) is 19.2 Å². The third kappa shape index (κ3) is 3.17. The van der Waals surface area contributed by atoms with E-state index in [4.69, 9.17) is 10.5 Å². The minimum Gasteiger partial charge on any atom is -0.480 e. The van der Waals surface area contributed by atoms with E-state index in [-0.39, 0.29) is 6.10 Å². The number of ether oxygens (including phenoxy) is 1. The maximum atomic E-state index is 11.7. The Labute approximate surface area is 119 Å². The van der Waals surface area contributed by atoms with Gasteiger partial charge in [0.2, 0.25) is 0 Å². The Hall–Kier alpha value is -1.43. The van der Waals surface area contributed by atoms with Gasteiger partial charge in [-0.3, -0.25) is 4.90 Å². The lowest BCUT2D eigenvalue weighted by atomic mass is 9.89. The molecule has 1 heterocycles. The van der Waals surface area contributed by atoms with Crippen LogP contribution >= 0.6 is 0 Å². The molecule has 2 unspecified atom stereocenters. The average molecular weight is 278 g/mol. The molecule has 20 heavy (non-hydrogen) atoms. The Morgan fingerprint density at radius 2 is 2.20 bits per heavy atom. The number of methoxy groups -OCH3 is 1. The maximum absolute atomic E-state index is 11.7. The SMILES string of the molecule is COC1CCCN(CC(N)(C(=O)O)c2ccccc2)C1. The van der Waals surface area contributed by atoms with Gasteiger partial charge in [0.25, 0.3) is 0 Å². The van der Waals surface area contributed by atoms with Gasteiger partial charge in [-0.25, -0.2) is 4.79 Å². The highest BCUT2D eigenvalue weighted by molar-refractivity contribution is 5.80. The van der Waals surface area contributed by atoms with Crippen LogP contribution in [0.4, 0.5) is 0 Å². The quantitative estimate of drug-likeness (QED) is 0.841. The predicted octanol–water partition coefficient (Wildman–Crippen LogP) is 1.04. The second-order valence-corrected chi connectivity index (χ2v) is 5.38. The molecule has 5 nitrogen and oxygen atoms in total. The zero-order chi connectivity index (χ0) is 14.6. The molecule has 1 aliphatic heterocycles. The third-order valence-electron chi connectivity index (χ3n) is 3.94. The molecule has 1 aromatic carbocycles. The van der Waals surface area contributed by atoms with E-state index >= 15 is 0 Å². The number of benzene rings is 1. The fourth-order valence-electron chi connectivity index (χ4n) is 2.72. The molecule has 3 N–H and O–H groups in total. The van der Waals surface area contributed by atoms with Crippen molar-refractivity contribution in [2.45, 2.75) is 24.5 Å². The summed E-state index contributed by atoms with van der Waals surface area (Å²) in [5, 5.41) is 9.56. The van der Waals surface area contributed by atoms with Gasteiger partial charge in [0, 0.05) is 20.2 Å². The van der Waals surface area contributed by atoms with Crippen LogP contribution in [0.1, 0.15) is 18.4 Å². The lowest BCUT2D eigenvalue weighted by Gasteiger charge is -2.37. The number of nitrogens with zero attached hydrogens (tertiary/aromatic N) is 1. The van der Waals surface area contributed by atoms with Crippen LogP contribution in [-0.2, 0) is 15.1 Å². The predicted molar refractivity (Wildman–Crippen MR) is 76.4 cm³/mol. The highest BCUT2D eigenvalue weighted by Crippen LogP contribution is 2.22. The molecule has 1 fully saturated rings. The first-order valence-corrected chi connectivity index (χ1v) is 6.89. The molecule has 1 aromatic rings. The first kappa shape index (κ1) is 15.0. The number of piperidine rings is 1. The minimum absolute atomic E-state index is 0.164. The lowest BCUT2D eigenvalue weighted by molar-refractivity contribution is -0.145. The van der Waals surface area contributed by atoms with Crippen molar-refractivity contribution >= 4 is 5.97 Å². The van der Waals surface area contributed by atoms with Crippen molar-refractivity contribution in [3.05, 3.63) is 35.9 Å². The van der Waals surface area contributed by atoms with E-state index in [0.717, 1.165) is 25.9 Å². The molecule has 0 spiro atoms. The second kappa shape index (κ2) is 6.35. The van der Waals surface area contributed by atoms with Crippen LogP contribution in [0, 0.1) is 0 Å². The zero-order valence-corrected chi connectivity index (χ0v) is 11.8. The van der Waals surface area contributed by atoms with Crippen LogP contribution in [-0.4, -0.2) is 48.8 Å². The van der Waals surface area contributed by atoms with Gasteiger partial charge in [-0.15, -0.1) is 0 Å². The number of carboxylic acids is 1. The molecule has 0 saturated carbocycles. The van der Waals surface area contributed by atoms with Crippen molar-refractivity contribution in [1.29, 1.82) is 0 Å². The number of hydrogen-bond acceptors (Lipinski definition) is 4. The van der Waals surface area contributed by atoms with Crippen molar-refractivity contribution in [3.8, 4) is 0 Å². The van der Waals surface area contributed by atoms with Crippen LogP contribution in [0.25, 0.3) is 0 Å². The first-order chi connectivity index (χ1) is 9.56. The van der Waals surface area contributed by atoms with Gasteiger partial charge in [-0.2, -0.15) is 0 Å². The Morgan fingerprint density at radius 1 is 1.50 bits per heavy atom. The average Bonchev–Trinajstić information content (AvgIpc) is 2.48. The topological polar surface area (TPSA) is 75.8 Å². The van der Waals surface area contributed by atoms with Crippen LogP contribution in [0.15, 0.2) is 30.3 Å². The molecule has 1 aliphatic rings. The summed E-state index contributed by atoms with van der Waals surface area (Å²) in [6.45, 7) is 1.89. The number of carbonyl (C=O) groups is 1. The largest absolute Gasteiger partial charge is 0.480 e. The lowest BCUT2D eigenvalue weighted by Crippen LogP contribution is -2.55. The summed E-state index contributed by atoms with van der Waals surface area (Å²) < 4.78 is 5.37. The zero-order valence-electron chi connectivity index (χ0n) is 11.8. The molecule has 1 saturated heterocycles. The highest BCUT2D eigenvalue weighted by atomic mass is 16.5. The Morgan fingerprint density at radius 3 is 2.80 bits per heavy atom. The van der Waals surface area contributed by atoms with Crippen LogP contribution in [0.3, 0.4) is 0 Å². The number of nitrogens with two attached hydrogens (primary N) is 1. The van der Waals surface area contributed by atoms with E-state index in [2.05, 4.69) is 4.90 Å². The summed E-state index contributed by atoms with van der Waals surface area (Å²) in [5.74, 6) is -0.997. The van der Waals surface area contributed by atoms with E-state index in [1.807, 2.05) is 18.2 Å². The number of rotatable bonds is 5. The van der Waals surface area contributed by atoms with Gasteiger partial charge in [0.05, 0.1) is 6.10 Å². The molecule has 0 bridgehead atoms. The van der Waals surface area contributed by atoms with Gasteiger partial charge in [-0.1, -0.05) is 30.3 Å². The summed E-state index contributed by atoms with van der Waals surface area (Å²) in [6, 6.07) is 9.02. The summed E-state index contributed by atoms with van der Waals surface area (Å²) in [7, 11) is 1.69. The molecule has 2 rings (SSSR count). The number of carboxylic acid groups (broad SMARTS) is 1. The Bertz CT molecular complexity index is 452. The molecule has 0 amide bonds. The summed E-state index contributed by atoms with van der Waals surface area (Å²) in [6.07, 6.45) is 2.18. The first-order valence-electron chi connectivity index (χ1n) is 6.89. The summed E-state index contributed by atoms with van der Waals surface area (Å²) in [5.41, 5.74) is 5.45. The standard InChI is InChI=1S/C15H22N2O3/c1-20-13-8-5-9-17(10-13)11-15(16,14(18)19)12-6-3-2-4-7-12/h2-4,6-7,13H,5,8-11,16H2,1H3,(H,18,19). The molecule has 110 valence electrons. The van der Waals surface area contributed by atoms with Crippen molar-refractivity contribution in [1.82, 2.24) is 4.90 Å². The van der Waals surface area contributed by atoms with Gasteiger partial charge >= 0.3 is 5.97 Å². The molecule has 0 radical (unpaired) electrons. The van der Waals surface area contributed by atoms with E-state index in [1.165, 1.54) is 0 Å². The van der Waals surface area contributed by atoms with Gasteiger partial charge in [0.1, 0.15) is 0 Å². The summed E-state index contributed by atoms with van der Waals surface area (Å²) >= 11 is 0. The molecule has 5 heteroatoms. The van der Waals surface area contributed by atoms with Crippen molar-refractivity contribution in [2.24, 2.45) is 5.73 Å². The number of hydrogen-bond donors (Lipinski definition) is 2. The van der Waals surface area contributed by atoms with Crippen LogP contribution < -0.4 is 5.73 Å². The van der Waals surface area contributed by atoms with E-state index in [9.17, 15) is 9.90 Å². The molecule has 2 atom stereocenters. The monoisotopic (exact) mass is 278 g/mol. The number of likely N-dealkylation sites (tertiary alicyclic amines) is 1. The second-order valence-electron chi connectivity index (χ2n) is 5.38. The van der Waals surface area contributed by atoms with Gasteiger partial charge < -0.3 is 15.6 Å². The Kier molecular flexibility index (Phi) is 4.75. The van der Waals surface area contributed by atoms with Crippen molar-refractivity contribution in [3.63, 3.8) is 0 Å². The molecular weight excluding hydrogens is 256 g/mol. The fourth-order valence-corrected chi connectivity index (χ4v) is 2.72. The normalized spacial score (nSPS) is 23.2. The highest BCUT2D eigenvalue weighted by Gasteiger charge is 2.38.